The molecule has 12 heteroatoms. The van der Waals surface area contributed by atoms with E-state index in [0.717, 1.165) is 0 Å². The van der Waals surface area contributed by atoms with Crippen LogP contribution in [0.4, 0.5) is 0 Å². The predicted molar refractivity (Wildman–Crippen MR) is 103 cm³/mol. The van der Waals surface area contributed by atoms with Crippen LogP contribution in [0.3, 0.4) is 0 Å². The van der Waals surface area contributed by atoms with Crippen molar-refractivity contribution in [2.45, 2.75) is 56.7 Å². The van der Waals surface area contributed by atoms with Crippen molar-refractivity contribution < 1.29 is 24.3 Å². The molecule has 0 radical (unpaired) electrons. The lowest BCUT2D eigenvalue weighted by Gasteiger charge is -2.22. The van der Waals surface area contributed by atoms with Gasteiger partial charge in [-0.2, -0.15) is 0 Å². The van der Waals surface area contributed by atoms with Crippen LogP contribution in [-0.4, -0.2) is 63.4 Å². The van der Waals surface area contributed by atoms with Crippen molar-refractivity contribution in [3.05, 3.63) is 18.2 Å². The van der Waals surface area contributed by atoms with E-state index in [0.29, 0.717) is 25.1 Å². The van der Waals surface area contributed by atoms with Crippen LogP contribution in [0.25, 0.3) is 0 Å². The summed E-state index contributed by atoms with van der Waals surface area (Å²) in [5.41, 5.74) is 17.0. The lowest BCUT2D eigenvalue weighted by atomic mass is 10.1. The maximum Gasteiger partial charge on any atom is 0.326 e. The highest BCUT2D eigenvalue weighted by Crippen LogP contribution is 2.05. The highest BCUT2D eigenvalue weighted by Gasteiger charge is 2.28. The number of nitrogens with two attached hydrogens (primary N) is 3. The summed E-state index contributed by atoms with van der Waals surface area (Å²) in [6.45, 7) is 0.409. The molecule has 0 aliphatic rings. The lowest BCUT2D eigenvalue weighted by molar-refractivity contribution is -0.142. The smallest absolute Gasteiger partial charge is 0.326 e. The average Bonchev–Trinajstić information content (AvgIpc) is 3.16. The molecule has 1 rings (SSSR count). The summed E-state index contributed by atoms with van der Waals surface area (Å²) in [5, 5.41) is 14.1. The largest absolute Gasteiger partial charge is 0.480 e. The van der Waals surface area contributed by atoms with Gasteiger partial charge in [-0.3, -0.25) is 14.4 Å². The second kappa shape index (κ2) is 12.5. The molecule has 0 fully saturated rings. The van der Waals surface area contributed by atoms with E-state index in [9.17, 15) is 24.3 Å². The van der Waals surface area contributed by atoms with Crippen molar-refractivity contribution in [1.29, 1.82) is 0 Å². The van der Waals surface area contributed by atoms with Gasteiger partial charge in [0.15, 0.2) is 0 Å². The Morgan fingerprint density at radius 1 is 1.10 bits per heavy atom. The molecular weight excluding hydrogens is 382 g/mol. The number of aromatic amines is 1. The van der Waals surface area contributed by atoms with Crippen molar-refractivity contribution in [1.82, 2.24) is 20.6 Å². The Morgan fingerprint density at radius 3 is 2.34 bits per heavy atom. The molecule has 1 heterocycles. The molecule has 3 amide bonds. The van der Waals surface area contributed by atoms with Gasteiger partial charge in [0, 0.05) is 24.7 Å². The number of hydrogen-bond donors (Lipinski definition) is 7. The van der Waals surface area contributed by atoms with E-state index in [4.69, 9.17) is 17.2 Å². The number of carboxylic acids is 1. The zero-order valence-electron chi connectivity index (χ0n) is 16.1. The van der Waals surface area contributed by atoms with Crippen LogP contribution >= 0.6 is 0 Å². The van der Waals surface area contributed by atoms with Gasteiger partial charge in [0.25, 0.3) is 0 Å². The van der Waals surface area contributed by atoms with Gasteiger partial charge in [0.05, 0.1) is 12.4 Å². The minimum Gasteiger partial charge on any atom is -0.480 e. The summed E-state index contributed by atoms with van der Waals surface area (Å²) in [6.07, 6.45) is 4.19. The number of aliphatic carboxylic acids is 1. The van der Waals surface area contributed by atoms with Gasteiger partial charge < -0.3 is 37.9 Å². The molecule has 0 bridgehead atoms. The number of aromatic nitrogens is 2. The van der Waals surface area contributed by atoms with Crippen LogP contribution in [0.5, 0.6) is 0 Å². The summed E-state index contributed by atoms with van der Waals surface area (Å²) in [7, 11) is 0. The van der Waals surface area contributed by atoms with Crippen molar-refractivity contribution in [3.8, 4) is 0 Å². The number of rotatable bonds is 14. The molecule has 0 aliphatic carbocycles. The number of primary amides is 1. The fourth-order valence-corrected chi connectivity index (χ4v) is 2.58. The third-order valence-electron chi connectivity index (χ3n) is 4.21. The number of unbranched alkanes of at least 4 members (excludes halogenated alkanes) is 1. The van der Waals surface area contributed by atoms with Gasteiger partial charge >= 0.3 is 5.97 Å². The Bertz CT molecular complexity index is 680. The number of amides is 3. The Labute approximate surface area is 168 Å². The SMILES string of the molecule is NCCCCC(NC(=O)C(CCC(N)=O)NC(=O)C(N)Cc1cnc[nH]1)C(=O)O. The van der Waals surface area contributed by atoms with Crippen LogP contribution in [0.15, 0.2) is 12.5 Å². The second-order valence-corrected chi connectivity index (χ2v) is 6.64. The highest BCUT2D eigenvalue weighted by molar-refractivity contribution is 5.92. The van der Waals surface area contributed by atoms with Crippen LogP contribution in [0, 0.1) is 0 Å². The topological polar surface area (TPSA) is 219 Å². The third-order valence-corrected chi connectivity index (χ3v) is 4.21. The second-order valence-electron chi connectivity index (χ2n) is 6.64. The zero-order chi connectivity index (χ0) is 21.8. The Hall–Kier alpha value is -2.99. The summed E-state index contributed by atoms with van der Waals surface area (Å²) in [4.78, 5) is 54.1. The first-order chi connectivity index (χ1) is 13.7. The first-order valence-electron chi connectivity index (χ1n) is 9.29. The van der Waals surface area contributed by atoms with Crippen molar-refractivity contribution in [2.24, 2.45) is 17.2 Å². The molecular formula is C17H29N7O5. The number of H-pyrrole nitrogens is 1. The van der Waals surface area contributed by atoms with E-state index in [1.54, 1.807) is 0 Å². The van der Waals surface area contributed by atoms with Crippen LogP contribution in [0.1, 0.15) is 37.8 Å². The standard InChI is InChI=1S/C17H29N7O5/c18-6-2-1-3-13(17(28)29)24-16(27)12(4-5-14(20)25)23-15(26)11(19)7-10-8-21-9-22-10/h8-9,11-13H,1-7,18-19H2,(H2,20,25)(H,21,22)(H,23,26)(H,24,27)(H,28,29). The molecule has 1 aromatic heterocycles. The first kappa shape index (κ1) is 24.0. The van der Waals surface area contributed by atoms with Crippen LogP contribution in [-0.2, 0) is 25.6 Å². The molecule has 0 saturated heterocycles. The number of nitrogens with one attached hydrogen (secondary N) is 3. The van der Waals surface area contributed by atoms with Gasteiger partial charge in [0.1, 0.15) is 12.1 Å². The quantitative estimate of drug-likeness (QED) is 0.165. The molecule has 162 valence electrons. The molecule has 0 spiro atoms. The summed E-state index contributed by atoms with van der Waals surface area (Å²) in [6, 6.07) is -3.26. The van der Waals surface area contributed by atoms with Gasteiger partial charge in [-0.25, -0.2) is 9.78 Å². The molecule has 3 atom stereocenters. The summed E-state index contributed by atoms with van der Waals surface area (Å²) < 4.78 is 0. The van der Waals surface area contributed by atoms with Gasteiger partial charge in [-0.15, -0.1) is 0 Å². The number of imidazole rings is 1. The Balaban J connectivity index is 2.75. The zero-order valence-corrected chi connectivity index (χ0v) is 16.1. The van der Waals surface area contributed by atoms with E-state index >= 15 is 0 Å². The normalized spacial score (nSPS) is 13.9. The maximum atomic E-state index is 12.6. The molecule has 3 unspecified atom stereocenters. The molecule has 12 nitrogen and oxygen atoms in total. The molecule has 10 N–H and O–H groups in total. The Morgan fingerprint density at radius 2 is 1.79 bits per heavy atom. The maximum absolute atomic E-state index is 12.6. The number of carbonyl (C=O) groups excluding carboxylic acids is 3. The van der Waals surface area contributed by atoms with E-state index in [-0.39, 0.29) is 25.7 Å². The Kier molecular flexibility index (Phi) is 10.3. The van der Waals surface area contributed by atoms with E-state index < -0.39 is 41.8 Å². The van der Waals surface area contributed by atoms with Crippen LogP contribution < -0.4 is 27.8 Å². The summed E-state index contributed by atoms with van der Waals surface area (Å²) >= 11 is 0. The predicted octanol–water partition coefficient (Wildman–Crippen LogP) is -2.27. The monoisotopic (exact) mass is 411 g/mol. The van der Waals surface area contributed by atoms with E-state index in [1.165, 1.54) is 12.5 Å². The van der Waals surface area contributed by atoms with Gasteiger partial charge in [0.2, 0.25) is 17.7 Å². The van der Waals surface area contributed by atoms with Gasteiger partial charge in [-0.1, -0.05) is 0 Å². The van der Waals surface area contributed by atoms with E-state index in [1.807, 2.05) is 0 Å². The van der Waals surface area contributed by atoms with Gasteiger partial charge in [-0.05, 0) is 32.2 Å². The number of carbonyl (C=O) groups is 4. The molecule has 0 aromatic carbocycles. The fourth-order valence-electron chi connectivity index (χ4n) is 2.58. The number of carboxylic acid groups (broad SMARTS) is 1. The van der Waals surface area contributed by atoms with E-state index in [2.05, 4.69) is 20.6 Å². The van der Waals surface area contributed by atoms with Crippen molar-refractivity contribution in [2.75, 3.05) is 6.54 Å². The lowest BCUT2D eigenvalue weighted by Crippen LogP contribution is -2.55. The molecule has 1 aromatic rings. The molecule has 0 saturated carbocycles. The average molecular weight is 411 g/mol. The molecule has 0 aliphatic heterocycles. The fraction of sp³-hybridized carbons (Fsp3) is 0.588. The van der Waals surface area contributed by atoms with Crippen molar-refractivity contribution >= 4 is 23.7 Å². The van der Waals surface area contributed by atoms with Crippen molar-refractivity contribution in [3.63, 3.8) is 0 Å². The first-order valence-corrected chi connectivity index (χ1v) is 9.29. The minimum absolute atomic E-state index is 0.0845. The summed E-state index contributed by atoms with van der Waals surface area (Å²) in [5.74, 6) is -3.21. The third kappa shape index (κ3) is 9.17. The van der Waals surface area contributed by atoms with Crippen LogP contribution in [0.2, 0.25) is 0 Å². The number of nitrogens with zero attached hydrogens (tertiary/aromatic N) is 1. The molecule has 29 heavy (non-hydrogen) atoms. The number of hydrogen-bond acceptors (Lipinski definition) is 7. The minimum atomic E-state index is -1.20. The highest BCUT2D eigenvalue weighted by atomic mass is 16.4.